The Kier molecular flexibility index (Phi) is 7.01. The topological polar surface area (TPSA) is 127 Å². The number of rotatable bonds is 10. The van der Waals surface area contributed by atoms with Crippen LogP contribution in [0.4, 0.5) is 26.1 Å². The van der Waals surface area contributed by atoms with E-state index in [1.807, 2.05) is 6.07 Å². The zero-order valence-corrected chi connectivity index (χ0v) is 23.4. The van der Waals surface area contributed by atoms with E-state index in [9.17, 15) is 13.6 Å². The van der Waals surface area contributed by atoms with Crippen LogP contribution in [-0.2, 0) is 0 Å². The summed E-state index contributed by atoms with van der Waals surface area (Å²) in [5.74, 6) is -0.519. The molecule has 3 heterocycles. The van der Waals surface area contributed by atoms with Crippen LogP contribution in [0.3, 0.4) is 0 Å². The molecule has 14 heteroatoms. The zero-order chi connectivity index (χ0) is 28.7. The highest BCUT2D eigenvalue weighted by Crippen LogP contribution is 2.43. The van der Waals surface area contributed by atoms with E-state index in [4.69, 9.17) is 18.7 Å². The Labute approximate surface area is 238 Å². The molecule has 0 radical (unpaired) electrons. The number of likely N-dealkylation sites (tertiary alicyclic amines) is 1. The molecule has 0 atom stereocenters. The first-order valence-corrected chi connectivity index (χ1v) is 13.8. The predicted molar refractivity (Wildman–Crippen MR) is 149 cm³/mol. The smallest absolute Gasteiger partial charge is 0.267 e. The highest BCUT2D eigenvalue weighted by atomic mass is 32.2. The van der Waals surface area contributed by atoms with Crippen molar-refractivity contribution in [2.45, 2.75) is 36.0 Å². The third kappa shape index (κ3) is 5.43. The van der Waals surface area contributed by atoms with Crippen LogP contribution in [-0.4, -0.2) is 66.5 Å². The van der Waals surface area contributed by atoms with Gasteiger partial charge in [-0.05, 0) is 43.0 Å². The van der Waals surface area contributed by atoms with Crippen LogP contribution in [0, 0.1) is 0 Å². The number of H-pyrrole nitrogens is 1. The molecule has 1 amide bonds. The fraction of sp³-hybridized carbons (Fsp3) is 0.370. The van der Waals surface area contributed by atoms with Gasteiger partial charge in [0.15, 0.2) is 17.2 Å². The molecule has 0 spiro atoms. The number of aromatic amines is 1. The quantitative estimate of drug-likeness (QED) is 0.196. The number of ether oxygens (including phenoxy) is 3. The number of alkyl halides is 2. The summed E-state index contributed by atoms with van der Waals surface area (Å²) >= 11 is 1.14. The number of aromatic nitrogens is 3. The second-order valence-electron chi connectivity index (χ2n) is 9.93. The van der Waals surface area contributed by atoms with Crippen LogP contribution < -0.4 is 24.2 Å². The summed E-state index contributed by atoms with van der Waals surface area (Å²) < 4.78 is 52.8. The maximum Gasteiger partial charge on any atom is 0.267 e. The Morgan fingerprint density at radius 2 is 1.83 bits per heavy atom. The summed E-state index contributed by atoms with van der Waals surface area (Å²) in [6, 6.07) is 8.60. The summed E-state index contributed by atoms with van der Waals surface area (Å²) in [4.78, 5) is 14.6. The van der Waals surface area contributed by atoms with E-state index >= 15 is 0 Å². The highest BCUT2D eigenvalue weighted by molar-refractivity contribution is 8.00. The standard InChI is InChI=1S/C27H28F2N6O5S/c1-37-20-10-16-19(11-18(20)30-23-12-17(31-32-23)14-4-5-14)40-33-25(16)34-41-24-21(38-2)8-15(9-22(24)39-3)26(36)35-7-6-27(28,29)13-35/h8-12,14H,4-7,13H2,1-3H3,(H,33,34)(H2,30,31,32). The van der Waals surface area contributed by atoms with Crippen LogP contribution in [0.25, 0.3) is 11.0 Å². The number of amides is 1. The number of nitrogens with one attached hydrogen (secondary N) is 3. The number of benzene rings is 2. The van der Waals surface area contributed by atoms with Crippen molar-refractivity contribution < 1.29 is 32.3 Å². The summed E-state index contributed by atoms with van der Waals surface area (Å²) in [5.41, 5.74) is 2.48. The molecule has 0 bridgehead atoms. The number of nitrogens with zero attached hydrogens (tertiary/aromatic N) is 3. The number of halogens is 2. The molecule has 216 valence electrons. The Balaban J connectivity index is 1.22. The van der Waals surface area contributed by atoms with Crippen LogP contribution in [0.15, 0.2) is 39.8 Å². The van der Waals surface area contributed by atoms with E-state index in [1.54, 1.807) is 19.2 Å². The molecule has 4 aromatic rings. The van der Waals surface area contributed by atoms with Crippen molar-refractivity contribution in [3.63, 3.8) is 0 Å². The molecular weight excluding hydrogens is 558 g/mol. The lowest BCUT2D eigenvalue weighted by atomic mass is 10.1. The van der Waals surface area contributed by atoms with Crippen molar-refractivity contribution in [3.8, 4) is 17.2 Å². The molecule has 2 aromatic carbocycles. The maximum absolute atomic E-state index is 13.7. The van der Waals surface area contributed by atoms with Crippen molar-refractivity contribution in [2.24, 2.45) is 0 Å². The molecule has 41 heavy (non-hydrogen) atoms. The third-order valence-corrected chi connectivity index (χ3v) is 7.99. The zero-order valence-electron chi connectivity index (χ0n) is 22.5. The fourth-order valence-corrected chi connectivity index (χ4v) is 5.57. The molecule has 2 fully saturated rings. The molecule has 11 nitrogen and oxygen atoms in total. The summed E-state index contributed by atoms with van der Waals surface area (Å²) in [5, 5.41) is 15.5. The number of hydrogen-bond donors (Lipinski definition) is 3. The van der Waals surface area contributed by atoms with Crippen LogP contribution in [0.5, 0.6) is 17.2 Å². The largest absolute Gasteiger partial charge is 0.495 e. The molecule has 2 aliphatic rings. The van der Waals surface area contributed by atoms with Crippen LogP contribution in [0.2, 0.25) is 0 Å². The number of methoxy groups -OCH3 is 3. The minimum atomic E-state index is -2.89. The van der Waals surface area contributed by atoms with Gasteiger partial charge in [-0.15, -0.1) is 0 Å². The molecule has 1 saturated heterocycles. The van der Waals surface area contributed by atoms with Gasteiger partial charge in [0.25, 0.3) is 11.8 Å². The Morgan fingerprint density at radius 1 is 1.10 bits per heavy atom. The second-order valence-corrected chi connectivity index (χ2v) is 10.8. The van der Waals surface area contributed by atoms with E-state index in [2.05, 4.69) is 25.4 Å². The van der Waals surface area contributed by atoms with E-state index in [1.165, 1.54) is 39.2 Å². The van der Waals surface area contributed by atoms with Crippen molar-refractivity contribution >= 4 is 46.1 Å². The molecule has 1 aliphatic heterocycles. The van der Waals surface area contributed by atoms with E-state index < -0.39 is 18.4 Å². The van der Waals surface area contributed by atoms with Gasteiger partial charge in [0.1, 0.15) is 22.1 Å². The monoisotopic (exact) mass is 586 g/mol. The van der Waals surface area contributed by atoms with Gasteiger partial charge >= 0.3 is 0 Å². The Bertz CT molecular complexity index is 1580. The average Bonchev–Trinajstić information content (AvgIpc) is 3.42. The summed E-state index contributed by atoms with van der Waals surface area (Å²) in [7, 11) is 4.48. The van der Waals surface area contributed by atoms with E-state index in [0.29, 0.717) is 56.4 Å². The third-order valence-electron chi connectivity index (χ3n) is 7.08. The SMILES string of the molecule is COc1cc2c(NSc3c(OC)cc(C(=O)N4CCC(F)(F)C4)cc3OC)noc2cc1Nc1cc(C2CC2)[nH]n1. The first kappa shape index (κ1) is 27.0. The van der Waals surface area contributed by atoms with Crippen molar-refractivity contribution in [2.75, 3.05) is 44.5 Å². The summed E-state index contributed by atoms with van der Waals surface area (Å²) in [6.07, 6.45) is 1.98. The first-order chi connectivity index (χ1) is 19.8. The molecule has 2 aromatic heterocycles. The van der Waals surface area contributed by atoms with Gasteiger partial charge in [-0.1, -0.05) is 5.16 Å². The predicted octanol–water partition coefficient (Wildman–Crippen LogP) is 5.80. The first-order valence-electron chi connectivity index (χ1n) is 12.9. The van der Waals surface area contributed by atoms with Gasteiger partial charge in [0, 0.05) is 42.3 Å². The van der Waals surface area contributed by atoms with Gasteiger partial charge in [-0.3, -0.25) is 9.89 Å². The molecule has 1 saturated carbocycles. The number of carbonyl (C=O) groups is 1. The number of anilines is 3. The van der Waals surface area contributed by atoms with Gasteiger partial charge in [0.05, 0.1) is 38.9 Å². The Hall–Kier alpha value is -4.20. The average molecular weight is 587 g/mol. The number of hydrogen-bond acceptors (Lipinski definition) is 10. The number of carbonyl (C=O) groups excluding carboxylic acids is 1. The molecular formula is C27H28F2N6O5S. The normalized spacial score (nSPS) is 16.2. The molecule has 6 rings (SSSR count). The highest BCUT2D eigenvalue weighted by Gasteiger charge is 2.40. The van der Waals surface area contributed by atoms with Gasteiger partial charge in [0.2, 0.25) is 0 Å². The lowest BCUT2D eigenvalue weighted by Crippen LogP contribution is -2.31. The van der Waals surface area contributed by atoms with Crippen LogP contribution >= 0.6 is 11.9 Å². The van der Waals surface area contributed by atoms with Gasteiger partial charge in [-0.25, -0.2) is 8.78 Å². The lowest BCUT2D eigenvalue weighted by molar-refractivity contribution is 0.0120. The van der Waals surface area contributed by atoms with Crippen molar-refractivity contribution in [1.29, 1.82) is 0 Å². The van der Waals surface area contributed by atoms with E-state index in [0.717, 1.165) is 22.5 Å². The second kappa shape index (κ2) is 10.7. The molecule has 3 N–H and O–H groups in total. The number of fused-ring (bicyclic) bond motifs is 1. The fourth-order valence-electron chi connectivity index (χ4n) is 4.74. The van der Waals surface area contributed by atoms with Crippen molar-refractivity contribution in [3.05, 3.63) is 41.6 Å². The molecule has 0 unspecified atom stereocenters. The lowest BCUT2D eigenvalue weighted by Gasteiger charge is -2.19. The Morgan fingerprint density at radius 3 is 2.46 bits per heavy atom. The van der Waals surface area contributed by atoms with Gasteiger partial charge in [-0.2, -0.15) is 5.10 Å². The van der Waals surface area contributed by atoms with Gasteiger partial charge < -0.3 is 33.7 Å². The van der Waals surface area contributed by atoms with E-state index in [-0.39, 0.29) is 18.5 Å². The summed E-state index contributed by atoms with van der Waals surface area (Å²) in [6.45, 7) is -0.630. The minimum absolute atomic E-state index is 0.0162. The molecule has 1 aliphatic carbocycles. The maximum atomic E-state index is 13.7. The minimum Gasteiger partial charge on any atom is -0.495 e. The van der Waals surface area contributed by atoms with Crippen molar-refractivity contribution in [1.82, 2.24) is 20.3 Å². The van der Waals surface area contributed by atoms with Crippen LogP contribution in [0.1, 0.15) is 41.2 Å².